The van der Waals surface area contributed by atoms with Crippen molar-refractivity contribution in [1.82, 2.24) is 0 Å². The van der Waals surface area contributed by atoms with Gasteiger partial charge >= 0.3 is 0 Å². The van der Waals surface area contributed by atoms with Crippen LogP contribution < -0.4 is 0 Å². The largest absolute Gasteiger partial charge is 0.288 e. The Morgan fingerprint density at radius 2 is 1.56 bits per heavy atom. The Balaban J connectivity index is 2.54. The number of benzene rings is 2. The van der Waals surface area contributed by atoms with Gasteiger partial charge in [0.25, 0.3) is 0 Å². The fourth-order valence-corrected chi connectivity index (χ4v) is 1.77. The van der Waals surface area contributed by atoms with Crippen molar-refractivity contribution < 1.29 is 18.0 Å². The number of carbonyl (C=O) groups is 1. The SMILES string of the molecule is O=C(c1ccccc1S)c1ccc(F)c(F)c1F. The lowest BCUT2D eigenvalue weighted by Gasteiger charge is -2.06. The molecule has 0 heterocycles. The zero-order chi connectivity index (χ0) is 13.3. The summed E-state index contributed by atoms with van der Waals surface area (Å²) in [6.45, 7) is 0. The molecule has 0 atom stereocenters. The van der Waals surface area contributed by atoms with E-state index in [1.165, 1.54) is 6.07 Å². The molecule has 5 heteroatoms. The number of hydrogen-bond acceptors (Lipinski definition) is 2. The lowest BCUT2D eigenvalue weighted by Crippen LogP contribution is -2.08. The van der Waals surface area contributed by atoms with E-state index in [4.69, 9.17) is 0 Å². The highest BCUT2D eigenvalue weighted by molar-refractivity contribution is 7.80. The Morgan fingerprint density at radius 1 is 0.889 bits per heavy atom. The van der Waals surface area contributed by atoms with E-state index < -0.39 is 28.8 Å². The van der Waals surface area contributed by atoms with Crippen LogP contribution in [0.3, 0.4) is 0 Å². The first-order valence-corrected chi connectivity index (χ1v) is 5.43. The minimum atomic E-state index is -1.66. The van der Waals surface area contributed by atoms with E-state index in [-0.39, 0.29) is 5.56 Å². The standard InChI is InChI=1S/C13H7F3OS/c14-9-6-5-8(11(15)12(9)16)13(17)7-3-1-2-4-10(7)18/h1-6,18H. The molecule has 2 rings (SSSR count). The van der Waals surface area contributed by atoms with Gasteiger partial charge in [0, 0.05) is 10.5 Å². The average Bonchev–Trinajstić information content (AvgIpc) is 2.36. The highest BCUT2D eigenvalue weighted by Gasteiger charge is 2.20. The van der Waals surface area contributed by atoms with Gasteiger partial charge in [-0.25, -0.2) is 13.2 Å². The molecular weight excluding hydrogens is 261 g/mol. The fraction of sp³-hybridized carbons (Fsp3) is 0. The normalized spacial score (nSPS) is 10.4. The maximum atomic E-state index is 13.5. The van der Waals surface area contributed by atoms with Crippen LogP contribution in [0, 0.1) is 17.5 Å². The minimum absolute atomic E-state index is 0.130. The van der Waals surface area contributed by atoms with Crippen LogP contribution >= 0.6 is 12.6 Å². The molecule has 0 saturated heterocycles. The van der Waals surface area contributed by atoms with Crippen molar-refractivity contribution in [2.45, 2.75) is 4.90 Å². The van der Waals surface area contributed by atoms with Gasteiger partial charge in [0.05, 0.1) is 5.56 Å². The Kier molecular flexibility index (Phi) is 3.43. The van der Waals surface area contributed by atoms with Gasteiger partial charge in [0.15, 0.2) is 23.2 Å². The van der Waals surface area contributed by atoms with Gasteiger partial charge in [-0.15, -0.1) is 12.6 Å². The molecular formula is C13H7F3OS. The molecule has 18 heavy (non-hydrogen) atoms. The van der Waals surface area contributed by atoms with Crippen LogP contribution in [0.15, 0.2) is 41.3 Å². The van der Waals surface area contributed by atoms with Crippen molar-refractivity contribution in [3.05, 3.63) is 65.0 Å². The third kappa shape index (κ3) is 2.13. The Labute approximate surface area is 107 Å². The van der Waals surface area contributed by atoms with Gasteiger partial charge in [-0.3, -0.25) is 4.79 Å². The van der Waals surface area contributed by atoms with Gasteiger partial charge in [-0.2, -0.15) is 0 Å². The molecule has 0 aliphatic heterocycles. The molecule has 92 valence electrons. The van der Waals surface area contributed by atoms with Crippen molar-refractivity contribution in [2.75, 3.05) is 0 Å². The maximum Gasteiger partial charge on any atom is 0.197 e. The monoisotopic (exact) mass is 268 g/mol. The quantitative estimate of drug-likeness (QED) is 0.500. The van der Waals surface area contributed by atoms with Gasteiger partial charge < -0.3 is 0 Å². The molecule has 0 spiro atoms. The summed E-state index contributed by atoms with van der Waals surface area (Å²) in [5, 5.41) is 0. The maximum absolute atomic E-state index is 13.5. The summed E-state index contributed by atoms with van der Waals surface area (Å²) >= 11 is 4.06. The van der Waals surface area contributed by atoms with E-state index in [0.29, 0.717) is 11.0 Å². The summed E-state index contributed by atoms with van der Waals surface area (Å²) in [6, 6.07) is 7.84. The van der Waals surface area contributed by atoms with E-state index in [9.17, 15) is 18.0 Å². The summed E-state index contributed by atoms with van der Waals surface area (Å²) < 4.78 is 39.3. The zero-order valence-corrected chi connectivity index (χ0v) is 9.85. The molecule has 2 aromatic rings. The van der Waals surface area contributed by atoms with E-state index in [2.05, 4.69) is 12.6 Å². The zero-order valence-electron chi connectivity index (χ0n) is 8.95. The van der Waals surface area contributed by atoms with Crippen molar-refractivity contribution >= 4 is 18.4 Å². The molecule has 1 nitrogen and oxygen atoms in total. The van der Waals surface area contributed by atoms with E-state index in [0.717, 1.165) is 6.07 Å². The van der Waals surface area contributed by atoms with Crippen LogP contribution in [-0.2, 0) is 0 Å². The summed E-state index contributed by atoms with van der Waals surface area (Å²) in [5.41, 5.74) is -0.388. The molecule has 0 radical (unpaired) electrons. The Morgan fingerprint density at radius 3 is 2.22 bits per heavy atom. The predicted molar refractivity (Wildman–Crippen MR) is 63.4 cm³/mol. The molecule has 0 bridgehead atoms. The summed E-state index contributed by atoms with van der Waals surface area (Å²) in [5.74, 6) is -5.21. The van der Waals surface area contributed by atoms with Crippen molar-refractivity contribution in [1.29, 1.82) is 0 Å². The van der Waals surface area contributed by atoms with Crippen LogP contribution in [0.25, 0.3) is 0 Å². The molecule has 2 aromatic carbocycles. The number of rotatable bonds is 2. The van der Waals surface area contributed by atoms with Crippen LogP contribution in [0.2, 0.25) is 0 Å². The summed E-state index contributed by atoms with van der Waals surface area (Å²) in [4.78, 5) is 12.3. The van der Waals surface area contributed by atoms with Crippen LogP contribution in [0.1, 0.15) is 15.9 Å². The second-order valence-corrected chi connectivity index (χ2v) is 4.05. The molecule has 0 saturated carbocycles. The van der Waals surface area contributed by atoms with E-state index in [1.54, 1.807) is 18.2 Å². The number of thiol groups is 1. The Bertz CT molecular complexity index is 626. The average molecular weight is 268 g/mol. The van der Waals surface area contributed by atoms with Gasteiger partial charge in [-0.1, -0.05) is 12.1 Å². The molecule has 0 aliphatic rings. The fourth-order valence-electron chi connectivity index (χ4n) is 1.51. The van der Waals surface area contributed by atoms with Gasteiger partial charge in [0.2, 0.25) is 0 Å². The number of ketones is 1. The highest BCUT2D eigenvalue weighted by atomic mass is 32.1. The lowest BCUT2D eigenvalue weighted by molar-refractivity contribution is 0.103. The summed E-state index contributed by atoms with van der Waals surface area (Å²) in [7, 11) is 0. The van der Waals surface area contributed by atoms with Gasteiger partial charge in [0.1, 0.15) is 0 Å². The first-order chi connectivity index (χ1) is 8.52. The Hall–Kier alpha value is -1.75. The second-order valence-electron chi connectivity index (χ2n) is 3.57. The molecule has 0 amide bonds. The van der Waals surface area contributed by atoms with E-state index in [1.807, 2.05) is 0 Å². The number of carbonyl (C=O) groups excluding carboxylic acids is 1. The van der Waals surface area contributed by atoms with Gasteiger partial charge in [-0.05, 0) is 24.3 Å². The molecule has 0 aliphatic carbocycles. The van der Waals surface area contributed by atoms with Crippen LogP contribution in [-0.4, -0.2) is 5.78 Å². The predicted octanol–water partition coefficient (Wildman–Crippen LogP) is 3.62. The highest BCUT2D eigenvalue weighted by Crippen LogP contribution is 2.21. The molecule has 0 unspecified atom stereocenters. The molecule has 0 N–H and O–H groups in total. The smallest absolute Gasteiger partial charge is 0.197 e. The van der Waals surface area contributed by atoms with Crippen LogP contribution in [0.4, 0.5) is 13.2 Å². The summed E-state index contributed by atoms with van der Waals surface area (Å²) in [6.07, 6.45) is 0. The first-order valence-electron chi connectivity index (χ1n) is 4.98. The minimum Gasteiger partial charge on any atom is -0.288 e. The topological polar surface area (TPSA) is 17.1 Å². The van der Waals surface area contributed by atoms with Crippen molar-refractivity contribution in [3.8, 4) is 0 Å². The van der Waals surface area contributed by atoms with Crippen molar-refractivity contribution in [3.63, 3.8) is 0 Å². The van der Waals surface area contributed by atoms with Crippen LogP contribution in [0.5, 0.6) is 0 Å². The third-order valence-electron chi connectivity index (χ3n) is 2.43. The lowest BCUT2D eigenvalue weighted by atomic mass is 10.0. The van der Waals surface area contributed by atoms with Crippen molar-refractivity contribution in [2.24, 2.45) is 0 Å². The first kappa shape index (κ1) is 12.7. The number of hydrogen-bond donors (Lipinski definition) is 1. The molecule has 0 fully saturated rings. The van der Waals surface area contributed by atoms with E-state index >= 15 is 0 Å². The third-order valence-corrected chi connectivity index (χ3v) is 2.82. The second kappa shape index (κ2) is 4.86. The number of halogens is 3. The molecule has 0 aromatic heterocycles.